The zero-order valence-corrected chi connectivity index (χ0v) is 16.7. The van der Waals surface area contributed by atoms with E-state index in [4.69, 9.17) is 11.5 Å². The molecule has 0 bridgehead atoms. The summed E-state index contributed by atoms with van der Waals surface area (Å²) >= 11 is 0. The molecule has 4 N–H and O–H groups in total. The van der Waals surface area contributed by atoms with Crippen LogP contribution < -0.4 is 11.5 Å². The summed E-state index contributed by atoms with van der Waals surface area (Å²) in [5, 5.41) is 0. The van der Waals surface area contributed by atoms with Crippen molar-refractivity contribution in [1.29, 1.82) is 0 Å². The standard InChI is InChI=1S/C24H28N4/c1-3-5-17-7-9-19(10-8-17)15-21(22-23(25)27-16-28-24(22)26)20-13-11-18(6-4-2)12-14-20/h7-16H,3-6H2,1-2H3,(H4,25,26,27,28). The van der Waals surface area contributed by atoms with Gasteiger partial charge in [-0.1, -0.05) is 75.2 Å². The number of rotatable bonds is 7. The molecule has 0 saturated carbocycles. The molecule has 0 radical (unpaired) electrons. The molecule has 0 amide bonds. The summed E-state index contributed by atoms with van der Waals surface area (Å²) in [6.45, 7) is 4.37. The van der Waals surface area contributed by atoms with Crippen LogP contribution in [-0.2, 0) is 12.8 Å². The maximum Gasteiger partial charge on any atom is 0.136 e. The van der Waals surface area contributed by atoms with Gasteiger partial charge in [0.15, 0.2) is 0 Å². The summed E-state index contributed by atoms with van der Waals surface area (Å²) in [5.41, 5.74) is 18.8. The number of anilines is 2. The van der Waals surface area contributed by atoms with Gasteiger partial charge in [0.25, 0.3) is 0 Å². The van der Waals surface area contributed by atoms with Crippen molar-refractivity contribution in [2.45, 2.75) is 39.5 Å². The van der Waals surface area contributed by atoms with Crippen LogP contribution in [-0.4, -0.2) is 9.97 Å². The Morgan fingerprint density at radius 1 is 0.786 bits per heavy atom. The fraction of sp³-hybridized carbons (Fsp3) is 0.250. The average Bonchev–Trinajstić information content (AvgIpc) is 2.69. The van der Waals surface area contributed by atoms with E-state index >= 15 is 0 Å². The van der Waals surface area contributed by atoms with E-state index in [2.05, 4.69) is 78.4 Å². The Labute approximate surface area is 167 Å². The second-order valence-corrected chi connectivity index (χ2v) is 7.02. The molecule has 2 aromatic carbocycles. The Bertz CT molecular complexity index is 921. The number of nitrogens with zero attached hydrogens (tertiary/aromatic N) is 2. The molecule has 0 aliphatic heterocycles. The monoisotopic (exact) mass is 372 g/mol. The molecule has 28 heavy (non-hydrogen) atoms. The molecular weight excluding hydrogens is 344 g/mol. The van der Waals surface area contributed by atoms with E-state index < -0.39 is 0 Å². The summed E-state index contributed by atoms with van der Waals surface area (Å²) in [6.07, 6.45) is 7.92. The highest BCUT2D eigenvalue weighted by atomic mass is 15.0. The van der Waals surface area contributed by atoms with Gasteiger partial charge in [-0.3, -0.25) is 0 Å². The Morgan fingerprint density at radius 2 is 1.29 bits per heavy atom. The molecule has 0 spiro atoms. The second kappa shape index (κ2) is 9.18. The zero-order chi connectivity index (χ0) is 19.9. The highest BCUT2D eigenvalue weighted by Crippen LogP contribution is 2.32. The van der Waals surface area contributed by atoms with Gasteiger partial charge in [0, 0.05) is 0 Å². The number of nitrogens with two attached hydrogens (primary N) is 2. The molecule has 1 aromatic heterocycles. The van der Waals surface area contributed by atoms with Crippen LogP contribution in [0.4, 0.5) is 11.6 Å². The molecule has 0 atom stereocenters. The van der Waals surface area contributed by atoms with E-state index in [-0.39, 0.29) is 0 Å². The first kappa shape index (κ1) is 19.6. The van der Waals surface area contributed by atoms with Crippen molar-refractivity contribution in [3.8, 4) is 0 Å². The molecule has 4 heteroatoms. The van der Waals surface area contributed by atoms with Gasteiger partial charge in [0.05, 0.1) is 5.56 Å². The van der Waals surface area contributed by atoms with Gasteiger partial charge < -0.3 is 11.5 Å². The van der Waals surface area contributed by atoms with Gasteiger partial charge in [0.2, 0.25) is 0 Å². The van der Waals surface area contributed by atoms with Crippen molar-refractivity contribution in [3.05, 3.63) is 82.7 Å². The Balaban J connectivity index is 2.08. The topological polar surface area (TPSA) is 77.8 Å². The lowest BCUT2D eigenvalue weighted by molar-refractivity contribution is 0.921. The lowest BCUT2D eigenvalue weighted by atomic mass is 9.94. The van der Waals surface area contributed by atoms with Crippen molar-refractivity contribution in [2.75, 3.05) is 11.5 Å². The summed E-state index contributed by atoms with van der Waals surface area (Å²) in [6, 6.07) is 17.2. The van der Waals surface area contributed by atoms with Crippen LogP contribution >= 0.6 is 0 Å². The van der Waals surface area contributed by atoms with E-state index in [0.717, 1.165) is 42.4 Å². The van der Waals surface area contributed by atoms with Gasteiger partial charge in [-0.25, -0.2) is 9.97 Å². The molecule has 144 valence electrons. The summed E-state index contributed by atoms with van der Waals surface area (Å²) in [4.78, 5) is 8.32. The molecule has 1 heterocycles. The highest BCUT2D eigenvalue weighted by molar-refractivity contribution is 5.97. The molecule has 0 unspecified atom stereocenters. The number of benzene rings is 2. The van der Waals surface area contributed by atoms with Crippen LogP contribution in [0.3, 0.4) is 0 Å². The van der Waals surface area contributed by atoms with Crippen LogP contribution in [0.5, 0.6) is 0 Å². The maximum atomic E-state index is 6.18. The first-order chi connectivity index (χ1) is 13.6. The lowest BCUT2D eigenvalue weighted by Crippen LogP contribution is -2.05. The number of aromatic nitrogens is 2. The van der Waals surface area contributed by atoms with E-state index in [1.165, 1.54) is 17.5 Å². The molecule has 0 aliphatic rings. The van der Waals surface area contributed by atoms with Gasteiger partial charge >= 0.3 is 0 Å². The maximum absolute atomic E-state index is 6.18. The van der Waals surface area contributed by atoms with Gasteiger partial charge in [-0.15, -0.1) is 0 Å². The Kier molecular flexibility index (Phi) is 6.43. The van der Waals surface area contributed by atoms with E-state index in [9.17, 15) is 0 Å². The van der Waals surface area contributed by atoms with Crippen LogP contribution in [0.15, 0.2) is 54.9 Å². The molecule has 0 aliphatic carbocycles. The molecule has 4 nitrogen and oxygen atoms in total. The minimum Gasteiger partial charge on any atom is -0.383 e. The minimum absolute atomic E-state index is 0.388. The fourth-order valence-electron chi connectivity index (χ4n) is 3.36. The van der Waals surface area contributed by atoms with Crippen molar-refractivity contribution in [3.63, 3.8) is 0 Å². The van der Waals surface area contributed by atoms with Crippen LogP contribution in [0.2, 0.25) is 0 Å². The third-order valence-corrected chi connectivity index (χ3v) is 4.81. The van der Waals surface area contributed by atoms with Crippen LogP contribution in [0, 0.1) is 0 Å². The number of hydrogen-bond donors (Lipinski definition) is 2. The summed E-state index contributed by atoms with van der Waals surface area (Å²) < 4.78 is 0. The highest BCUT2D eigenvalue weighted by Gasteiger charge is 2.14. The molecule has 0 fully saturated rings. The van der Waals surface area contributed by atoms with Crippen molar-refractivity contribution in [1.82, 2.24) is 9.97 Å². The molecule has 3 aromatic rings. The largest absolute Gasteiger partial charge is 0.383 e. The molecular formula is C24H28N4. The van der Waals surface area contributed by atoms with E-state index in [1.54, 1.807) is 0 Å². The SMILES string of the molecule is CCCc1ccc(C=C(c2ccc(CCC)cc2)c2c(N)ncnc2N)cc1. The third-order valence-electron chi connectivity index (χ3n) is 4.81. The Morgan fingerprint density at radius 3 is 1.79 bits per heavy atom. The molecule has 3 rings (SSSR count). The third kappa shape index (κ3) is 4.58. The van der Waals surface area contributed by atoms with Crippen molar-refractivity contribution in [2.24, 2.45) is 0 Å². The zero-order valence-electron chi connectivity index (χ0n) is 16.7. The van der Waals surface area contributed by atoms with Crippen LogP contribution in [0.1, 0.15) is 54.5 Å². The lowest BCUT2D eigenvalue weighted by Gasteiger charge is -2.13. The first-order valence-corrected chi connectivity index (χ1v) is 9.88. The normalized spacial score (nSPS) is 11.6. The number of aryl methyl sites for hydroxylation is 2. The minimum atomic E-state index is 0.388. The smallest absolute Gasteiger partial charge is 0.136 e. The average molecular weight is 373 g/mol. The fourth-order valence-corrected chi connectivity index (χ4v) is 3.36. The predicted molar refractivity (Wildman–Crippen MR) is 119 cm³/mol. The van der Waals surface area contributed by atoms with Gasteiger partial charge in [-0.2, -0.15) is 0 Å². The Hall–Kier alpha value is -3.14. The first-order valence-electron chi connectivity index (χ1n) is 9.88. The van der Waals surface area contributed by atoms with Crippen molar-refractivity contribution < 1.29 is 0 Å². The predicted octanol–water partition coefficient (Wildman–Crippen LogP) is 5.13. The van der Waals surface area contributed by atoms with Gasteiger partial charge in [0.1, 0.15) is 18.0 Å². The second-order valence-electron chi connectivity index (χ2n) is 7.02. The van der Waals surface area contributed by atoms with Gasteiger partial charge in [-0.05, 0) is 46.7 Å². The quantitative estimate of drug-likeness (QED) is 0.563. The van der Waals surface area contributed by atoms with Crippen molar-refractivity contribution >= 4 is 23.3 Å². The van der Waals surface area contributed by atoms with E-state index in [0.29, 0.717) is 17.2 Å². The molecule has 0 saturated heterocycles. The summed E-state index contributed by atoms with van der Waals surface area (Å²) in [7, 11) is 0. The number of hydrogen-bond acceptors (Lipinski definition) is 4. The van der Waals surface area contributed by atoms with E-state index in [1.807, 2.05) is 0 Å². The van der Waals surface area contributed by atoms with Crippen LogP contribution in [0.25, 0.3) is 11.6 Å². The summed E-state index contributed by atoms with van der Waals surface area (Å²) in [5.74, 6) is 0.776. The number of nitrogen functional groups attached to an aromatic ring is 2.